The zero-order chi connectivity index (χ0) is 18.1. The summed E-state index contributed by atoms with van der Waals surface area (Å²) in [6.45, 7) is 3.02. The highest BCUT2D eigenvalue weighted by Gasteiger charge is 2.08. The van der Waals surface area contributed by atoms with Crippen LogP contribution in [0.1, 0.15) is 24.5 Å². The molecule has 0 heterocycles. The molecule has 2 rings (SSSR count). The van der Waals surface area contributed by atoms with Crippen LogP contribution in [0.15, 0.2) is 42.5 Å². The van der Waals surface area contributed by atoms with Gasteiger partial charge in [0.25, 0.3) is 0 Å². The van der Waals surface area contributed by atoms with Crippen molar-refractivity contribution in [3.63, 3.8) is 0 Å². The fourth-order valence-corrected chi connectivity index (χ4v) is 2.53. The van der Waals surface area contributed by atoms with Crippen LogP contribution < -0.4 is 19.5 Å². The summed E-state index contributed by atoms with van der Waals surface area (Å²) in [7, 11) is 3.19. The number of carbonyl (C=O) groups excluding carboxylic acids is 1. The molecule has 0 atom stereocenters. The lowest BCUT2D eigenvalue weighted by molar-refractivity contribution is -0.121. The first-order valence-corrected chi connectivity index (χ1v) is 8.36. The molecule has 0 aliphatic carbocycles. The van der Waals surface area contributed by atoms with E-state index in [4.69, 9.17) is 14.2 Å². The number of hydrogen-bond donors (Lipinski definition) is 1. The van der Waals surface area contributed by atoms with Crippen molar-refractivity contribution < 1.29 is 19.0 Å². The summed E-state index contributed by atoms with van der Waals surface area (Å²) in [6, 6.07) is 13.4. The predicted molar refractivity (Wildman–Crippen MR) is 97.3 cm³/mol. The number of benzene rings is 2. The predicted octanol–water partition coefficient (Wildman–Crippen LogP) is 3.35. The highest BCUT2D eigenvalue weighted by atomic mass is 16.5. The quantitative estimate of drug-likeness (QED) is 0.759. The maximum Gasteiger partial charge on any atom is 0.220 e. The van der Waals surface area contributed by atoms with Crippen LogP contribution in [-0.2, 0) is 17.8 Å². The van der Waals surface area contributed by atoms with Gasteiger partial charge in [-0.3, -0.25) is 4.79 Å². The summed E-state index contributed by atoms with van der Waals surface area (Å²) < 4.78 is 16.1. The molecule has 2 aromatic carbocycles. The molecular formula is C20H25NO4. The first-order valence-electron chi connectivity index (χ1n) is 8.36. The van der Waals surface area contributed by atoms with E-state index in [0.717, 1.165) is 16.9 Å². The van der Waals surface area contributed by atoms with E-state index < -0.39 is 0 Å². The van der Waals surface area contributed by atoms with Gasteiger partial charge in [0.15, 0.2) is 11.5 Å². The van der Waals surface area contributed by atoms with Crippen molar-refractivity contribution >= 4 is 5.91 Å². The molecule has 2 aromatic rings. The molecule has 0 fully saturated rings. The molecule has 0 saturated carbocycles. The van der Waals surface area contributed by atoms with Gasteiger partial charge in [0.1, 0.15) is 5.75 Å². The van der Waals surface area contributed by atoms with E-state index in [2.05, 4.69) is 5.32 Å². The van der Waals surface area contributed by atoms with Gasteiger partial charge in [-0.05, 0) is 42.7 Å². The Hall–Kier alpha value is -2.69. The van der Waals surface area contributed by atoms with Crippen LogP contribution in [0.2, 0.25) is 0 Å². The number of hydrogen-bond acceptors (Lipinski definition) is 4. The first-order chi connectivity index (χ1) is 12.2. The molecule has 0 saturated heterocycles. The fourth-order valence-electron chi connectivity index (χ4n) is 2.53. The molecule has 134 valence electrons. The van der Waals surface area contributed by atoms with Crippen molar-refractivity contribution in [3.05, 3.63) is 53.6 Å². The van der Waals surface area contributed by atoms with Crippen LogP contribution >= 0.6 is 0 Å². The van der Waals surface area contributed by atoms with Crippen molar-refractivity contribution in [2.75, 3.05) is 20.8 Å². The second-order valence-electron chi connectivity index (χ2n) is 5.51. The Morgan fingerprint density at radius 3 is 2.48 bits per heavy atom. The topological polar surface area (TPSA) is 56.8 Å². The summed E-state index contributed by atoms with van der Waals surface area (Å²) in [4.78, 5) is 12.1. The normalized spacial score (nSPS) is 10.2. The Morgan fingerprint density at radius 2 is 1.76 bits per heavy atom. The minimum absolute atomic E-state index is 0.00101. The molecule has 0 aliphatic rings. The second-order valence-corrected chi connectivity index (χ2v) is 5.51. The van der Waals surface area contributed by atoms with E-state index in [1.807, 2.05) is 49.4 Å². The Kier molecular flexibility index (Phi) is 7.14. The van der Waals surface area contributed by atoms with Crippen LogP contribution in [0, 0.1) is 0 Å². The van der Waals surface area contributed by atoms with Crippen LogP contribution in [-0.4, -0.2) is 26.7 Å². The average Bonchev–Trinajstić information content (AvgIpc) is 2.65. The number of rotatable bonds is 9. The van der Waals surface area contributed by atoms with Gasteiger partial charge in [-0.1, -0.05) is 24.3 Å². The summed E-state index contributed by atoms with van der Waals surface area (Å²) >= 11 is 0. The number of para-hydroxylation sites is 1. The van der Waals surface area contributed by atoms with Crippen LogP contribution in [0.25, 0.3) is 0 Å². The van der Waals surface area contributed by atoms with E-state index in [1.54, 1.807) is 14.2 Å². The molecule has 0 bridgehead atoms. The molecule has 5 nitrogen and oxygen atoms in total. The standard InChI is InChI=1S/C20H25NO4/c1-4-25-17-8-6-5-7-16(17)10-12-20(22)21-14-15-9-11-18(23-2)19(13-15)24-3/h5-9,11,13H,4,10,12,14H2,1-3H3,(H,21,22). The first kappa shape index (κ1) is 18.6. The van der Waals surface area contributed by atoms with E-state index in [9.17, 15) is 4.79 Å². The van der Waals surface area contributed by atoms with Gasteiger partial charge < -0.3 is 19.5 Å². The Balaban J connectivity index is 1.87. The lowest BCUT2D eigenvalue weighted by atomic mass is 10.1. The number of methoxy groups -OCH3 is 2. The molecule has 0 unspecified atom stereocenters. The van der Waals surface area contributed by atoms with Gasteiger partial charge in [0.05, 0.1) is 20.8 Å². The minimum Gasteiger partial charge on any atom is -0.494 e. The van der Waals surface area contributed by atoms with E-state index in [-0.39, 0.29) is 5.91 Å². The van der Waals surface area contributed by atoms with E-state index in [0.29, 0.717) is 37.5 Å². The van der Waals surface area contributed by atoms with Crippen LogP contribution in [0.5, 0.6) is 17.2 Å². The number of amides is 1. The molecule has 5 heteroatoms. The third-order valence-corrected chi connectivity index (χ3v) is 3.83. The molecule has 1 N–H and O–H groups in total. The van der Waals surface area contributed by atoms with Crippen molar-refractivity contribution in [2.45, 2.75) is 26.3 Å². The zero-order valence-electron chi connectivity index (χ0n) is 15.0. The van der Waals surface area contributed by atoms with Gasteiger partial charge in [-0.15, -0.1) is 0 Å². The number of ether oxygens (including phenoxy) is 3. The number of aryl methyl sites for hydroxylation is 1. The van der Waals surface area contributed by atoms with Crippen LogP contribution in [0.4, 0.5) is 0 Å². The lowest BCUT2D eigenvalue weighted by Gasteiger charge is -2.11. The molecule has 0 radical (unpaired) electrons. The summed E-state index contributed by atoms with van der Waals surface area (Å²) in [6.07, 6.45) is 1.06. The maximum atomic E-state index is 12.1. The number of carbonyl (C=O) groups is 1. The monoisotopic (exact) mass is 343 g/mol. The summed E-state index contributed by atoms with van der Waals surface area (Å²) in [5, 5.41) is 2.93. The minimum atomic E-state index is 0.00101. The smallest absolute Gasteiger partial charge is 0.220 e. The summed E-state index contributed by atoms with van der Waals surface area (Å²) in [5.74, 6) is 2.17. The molecule has 0 aromatic heterocycles. The Morgan fingerprint density at radius 1 is 1.00 bits per heavy atom. The van der Waals surface area contributed by atoms with E-state index in [1.165, 1.54) is 0 Å². The highest BCUT2D eigenvalue weighted by Crippen LogP contribution is 2.27. The molecule has 0 spiro atoms. The van der Waals surface area contributed by atoms with Crippen molar-refractivity contribution in [1.82, 2.24) is 5.32 Å². The summed E-state index contributed by atoms with van der Waals surface area (Å²) in [5.41, 5.74) is 2.01. The van der Waals surface area contributed by atoms with Crippen molar-refractivity contribution in [2.24, 2.45) is 0 Å². The second kappa shape index (κ2) is 9.57. The van der Waals surface area contributed by atoms with Gasteiger partial charge in [0, 0.05) is 13.0 Å². The van der Waals surface area contributed by atoms with Gasteiger partial charge >= 0.3 is 0 Å². The zero-order valence-corrected chi connectivity index (χ0v) is 15.0. The third kappa shape index (κ3) is 5.41. The van der Waals surface area contributed by atoms with Crippen molar-refractivity contribution in [3.8, 4) is 17.2 Å². The van der Waals surface area contributed by atoms with Crippen molar-refractivity contribution in [1.29, 1.82) is 0 Å². The molecule has 25 heavy (non-hydrogen) atoms. The molecule has 1 amide bonds. The average molecular weight is 343 g/mol. The largest absolute Gasteiger partial charge is 0.494 e. The highest BCUT2D eigenvalue weighted by molar-refractivity contribution is 5.76. The van der Waals surface area contributed by atoms with Gasteiger partial charge in [-0.2, -0.15) is 0 Å². The third-order valence-electron chi connectivity index (χ3n) is 3.83. The Labute approximate surface area is 148 Å². The van der Waals surface area contributed by atoms with E-state index >= 15 is 0 Å². The SMILES string of the molecule is CCOc1ccccc1CCC(=O)NCc1ccc(OC)c(OC)c1. The maximum absolute atomic E-state index is 12.1. The lowest BCUT2D eigenvalue weighted by Crippen LogP contribution is -2.23. The van der Waals surface area contributed by atoms with Crippen LogP contribution in [0.3, 0.4) is 0 Å². The van der Waals surface area contributed by atoms with Gasteiger partial charge in [0.2, 0.25) is 5.91 Å². The molecular weight excluding hydrogens is 318 g/mol. The molecule has 0 aliphatic heterocycles. The fraction of sp³-hybridized carbons (Fsp3) is 0.350. The number of nitrogens with one attached hydrogen (secondary N) is 1. The van der Waals surface area contributed by atoms with Gasteiger partial charge in [-0.25, -0.2) is 0 Å². The Bertz CT molecular complexity index is 700.